The minimum atomic E-state index is -4.73. The lowest BCUT2D eigenvalue weighted by Gasteiger charge is -2.21. The third-order valence-electron chi connectivity index (χ3n) is 10.5. The number of esters is 2. The van der Waals surface area contributed by atoms with E-state index in [2.05, 4.69) is 28.8 Å². The van der Waals surface area contributed by atoms with Crippen molar-refractivity contribution < 1.29 is 47.4 Å². The number of hydrogen-bond acceptors (Lipinski definition) is 13. The third-order valence-corrected chi connectivity index (χ3v) is 11.6. The third kappa shape index (κ3) is 20.2. The lowest BCUT2D eigenvalue weighted by Crippen LogP contribution is -2.30. The zero-order valence-electron chi connectivity index (χ0n) is 35.0. The number of phosphoric ester groups is 1. The Kier molecular flexibility index (Phi) is 25.0. The van der Waals surface area contributed by atoms with E-state index in [-0.39, 0.29) is 37.0 Å². The molecule has 5 atom stereocenters. The van der Waals surface area contributed by atoms with E-state index < -0.39 is 57.5 Å². The maximum Gasteiger partial charge on any atom is 0.472 e. The standard InChI is InChI=1S/C41H71ClN5O10P/c1-3-5-7-9-11-13-15-17-19-21-23-25-36(49)53-28-32(56-37(50)26-24-22-20-18-16-14-12-10-8-6-4-2)29-54-58(51,52)55-30-34-33(48)27-35(57-34)47-31-44-38-39(43)45-41(42)46-40(38)47/h31-35,48H,3-30H2,1-2H3,(H,51,52)(H2,43,45,46)/t32?,33-,34+,35+/m0/s1. The van der Waals surface area contributed by atoms with Gasteiger partial charge < -0.3 is 29.9 Å². The summed E-state index contributed by atoms with van der Waals surface area (Å²) in [6.45, 7) is 3.07. The van der Waals surface area contributed by atoms with Gasteiger partial charge in [0, 0.05) is 19.3 Å². The highest BCUT2D eigenvalue weighted by Gasteiger charge is 2.38. The van der Waals surface area contributed by atoms with Crippen LogP contribution < -0.4 is 5.73 Å². The largest absolute Gasteiger partial charge is 0.472 e. The number of unbranched alkanes of at least 4 members (excludes halogenated alkanes) is 20. The minimum absolute atomic E-state index is 0.0827. The molecule has 1 aliphatic rings. The smallest absolute Gasteiger partial charge is 0.462 e. The molecule has 0 aromatic carbocycles. The van der Waals surface area contributed by atoms with Crippen molar-refractivity contribution in [2.24, 2.45) is 0 Å². The van der Waals surface area contributed by atoms with Crippen LogP contribution in [0, 0.1) is 0 Å². The molecule has 0 amide bonds. The van der Waals surface area contributed by atoms with Crippen LogP contribution in [0.4, 0.5) is 5.82 Å². The van der Waals surface area contributed by atoms with Gasteiger partial charge in [-0.1, -0.05) is 142 Å². The van der Waals surface area contributed by atoms with Crippen LogP contribution in [0.15, 0.2) is 6.33 Å². The molecule has 1 aliphatic heterocycles. The van der Waals surface area contributed by atoms with E-state index in [1.807, 2.05) is 0 Å². The number of aliphatic hydroxyl groups is 1. The molecule has 0 aliphatic carbocycles. The molecular formula is C41H71ClN5O10P. The number of nitrogens with zero attached hydrogens (tertiary/aromatic N) is 4. The van der Waals surface area contributed by atoms with Gasteiger partial charge in [-0.25, -0.2) is 9.55 Å². The number of aliphatic hydroxyl groups excluding tert-OH is 1. The number of anilines is 1. The summed E-state index contributed by atoms with van der Waals surface area (Å²) in [5.41, 5.74) is 6.51. The van der Waals surface area contributed by atoms with E-state index in [0.29, 0.717) is 24.0 Å². The van der Waals surface area contributed by atoms with Crippen LogP contribution in [0.1, 0.15) is 181 Å². The van der Waals surface area contributed by atoms with Gasteiger partial charge in [-0.2, -0.15) is 9.97 Å². The highest BCUT2D eigenvalue weighted by Crippen LogP contribution is 2.45. The average molecular weight is 860 g/mol. The molecule has 3 rings (SSSR count). The molecule has 4 N–H and O–H groups in total. The number of halogens is 1. The van der Waals surface area contributed by atoms with Crippen LogP contribution in [0.25, 0.3) is 11.2 Å². The Hall–Kier alpha value is -2.39. The van der Waals surface area contributed by atoms with Gasteiger partial charge in [-0.05, 0) is 24.4 Å². The van der Waals surface area contributed by atoms with Gasteiger partial charge in [0.2, 0.25) is 5.28 Å². The van der Waals surface area contributed by atoms with Crippen molar-refractivity contribution in [2.45, 2.75) is 199 Å². The predicted octanol–water partition coefficient (Wildman–Crippen LogP) is 9.70. The predicted molar refractivity (Wildman–Crippen MR) is 224 cm³/mol. The van der Waals surface area contributed by atoms with Gasteiger partial charge in [-0.15, -0.1) is 0 Å². The number of nitrogens with two attached hydrogens (primary N) is 1. The topological polar surface area (TPSA) is 207 Å². The number of rotatable bonds is 34. The molecule has 0 radical (unpaired) electrons. The Morgan fingerprint density at radius 3 is 1.90 bits per heavy atom. The van der Waals surface area contributed by atoms with Crippen molar-refractivity contribution in [1.82, 2.24) is 19.5 Å². The van der Waals surface area contributed by atoms with Crippen LogP contribution >= 0.6 is 19.4 Å². The fourth-order valence-electron chi connectivity index (χ4n) is 7.03. The maximum atomic E-state index is 12.9. The number of carbonyl (C=O) groups excluding carboxylic acids is 2. The van der Waals surface area contributed by atoms with Crippen LogP contribution in [0.2, 0.25) is 5.28 Å². The number of aromatic nitrogens is 4. The molecule has 17 heteroatoms. The molecule has 58 heavy (non-hydrogen) atoms. The van der Waals surface area contributed by atoms with Crippen LogP contribution in [0.5, 0.6) is 0 Å². The zero-order valence-corrected chi connectivity index (χ0v) is 36.7. The van der Waals surface area contributed by atoms with Gasteiger partial charge >= 0.3 is 19.8 Å². The number of nitrogen functional groups attached to an aromatic ring is 1. The van der Waals surface area contributed by atoms with E-state index >= 15 is 0 Å². The molecule has 2 aromatic rings. The highest BCUT2D eigenvalue weighted by atomic mass is 35.5. The summed E-state index contributed by atoms with van der Waals surface area (Å²) >= 11 is 5.97. The first-order valence-corrected chi connectivity index (χ1v) is 23.9. The number of phosphoric acid groups is 1. The van der Waals surface area contributed by atoms with Crippen molar-refractivity contribution in [3.63, 3.8) is 0 Å². The molecule has 0 spiro atoms. The fraction of sp³-hybridized carbons (Fsp3) is 0.829. The monoisotopic (exact) mass is 859 g/mol. The molecule has 1 fully saturated rings. The molecule has 332 valence electrons. The molecular weight excluding hydrogens is 789 g/mol. The fourth-order valence-corrected chi connectivity index (χ4v) is 7.96. The number of fused-ring (bicyclic) bond motifs is 1. The average Bonchev–Trinajstić information content (AvgIpc) is 3.79. The summed E-state index contributed by atoms with van der Waals surface area (Å²) in [6.07, 6.45) is 23.3. The van der Waals surface area contributed by atoms with Crippen molar-refractivity contribution in [3.05, 3.63) is 11.6 Å². The quantitative estimate of drug-likeness (QED) is 0.0259. The van der Waals surface area contributed by atoms with Crippen LogP contribution in [0.3, 0.4) is 0 Å². The Morgan fingerprint density at radius 2 is 1.34 bits per heavy atom. The van der Waals surface area contributed by atoms with E-state index in [1.165, 1.54) is 101 Å². The molecule has 0 saturated carbocycles. The Morgan fingerprint density at radius 1 is 0.828 bits per heavy atom. The first-order chi connectivity index (χ1) is 28.0. The van der Waals surface area contributed by atoms with Crippen molar-refractivity contribution in [1.29, 1.82) is 0 Å². The summed E-state index contributed by atoms with van der Waals surface area (Å²) in [5.74, 6) is -0.856. The summed E-state index contributed by atoms with van der Waals surface area (Å²) in [5, 5.41) is 10.6. The summed E-state index contributed by atoms with van der Waals surface area (Å²) in [6, 6.07) is 0. The van der Waals surface area contributed by atoms with Gasteiger partial charge in [-0.3, -0.25) is 23.2 Å². The normalized spacial score (nSPS) is 18.4. The van der Waals surface area contributed by atoms with Gasteiger partial charge in [0.15, 0.2) is 17.6 Å². The first kappa shape index (κ1) is 50.0. The molecule has 1 saturated heterocycles. The van der Waals surface area contributed by atoms with Crippen LogP contribution in [-0.2, 0) is 37.4 Å². The van der Waals surface area contributed by atoms with E-state index in [0.717, 1.165) is 38.5 Å². The van der Waals surface area contributed by atoms with Gasteiger partial charge in [0.05, 0.1) is 25.6 Å². The van der Waals surface area contributed by atoms with E-state index in [9.17, 15) is 24.2 Å². The van der Waals surface area contributed by atoms with E-state index in [1.54, 1.807) is 0 Å². The lowest BCUT2D eigenvalue weighted by molar-refractivity contribution is -0.161. The highest BCUT2D eigenvalue weighted by molar-refractivity contribution is 7.47. The zero-order chi connectivity index (χ0) is 42.0. The second kappa shape index (κ2) is 29.0. The summed E-state index contributed by atoms with van der Waals surface area (Å²) < 4.78 is 41.8. The SMILES string of the molecule is CCCCCCCCCCCCCC(=O)OCC(COP(=O)(O)OC[C@H]1O[C@@H](n2cnc3c(N)nc(Cl)nc32)C[C@@H]1O)OC(=O)CCCCCCCCCCCCC. The lowest BCUT2D eigenvalue weighted by atomic mass is 10.1. The second-order valence-electron chi connectivity index (χ2n) is 15.6. The maximum absolute atomic E-state index is 12.9. The molecule has 2 unspecified atom stereocenters. The Bertz CT molecular complexity index is 1500. The van der Waals surface area contributed by atoms with Crippen molar-refractivity contribution >= 4 is 48.3 Å². The van der Waals surface area contributed by atoms with Crippen molar-refractivity contribution in [3.8, 4) is 0 Å². The molecule has 2 aromatic heterocycles. The minimum Gasteiger partial charge on any atom is -0.462 e. The number of hydrogen-bond donors (Lipinski definition) is 3. The Balaban J connectivity index is 1.42. The van der Waals surface area contributed by atoms with Gasteiger partial charge in [0.25, 0.3) is 0 Å². The number of carbonyl (C=O) groups is 2. The molecule has 3 heterocycles. The summed E-state index contributed by atoms with van der Waals surface area (Å²) in [7, 11) is -4.73. The van der Waals surface area contributed by atoms with Crippen molar-refractivity contribution in [2.75, 3.05) is 25.6 Å². The molecule has 15 nitrogen and oxygen atoms in total. The van der Waals surface area contributed by atoms with Crippen LogP contribution in [-0.4, -0.2) is 79.6 Å². The van der Waals surface area contributed by atoms with Gasteiger partial charge in [0.1, 0.15) is 24.5 Å². The molecule has 0 bridgehead atoms. The number of imidazole rings is 1. The summed E-state index contributed by atoms with van der Waals surface area (Å²) in [4.78, 5) is 48.1. The number of ether oxygens (including phenoxy) is 3. The Labute approximate surface area is 350 Å². The second-order valence-corrected chi connectivity index (χ2v) is 17.4. The first-order valence-electron chi connectivity index (χ1n) is 22.0. The van der Waals surface area contributed by atoms with E-state index in [4.69, 9.17) is 40.6 Å².